The minimum absolute atomic E-state index is 0.320. The third kappa shape index (κ3) is 6.89. The molecule has 2 bridgehead atoms. The van der Waals surface area contributed by atoms with E-state index < -0.39 is 6.67 Å². The Morgan fingerprint density at radius 2 is 2.24 bits per heavy atom. The number of amidine groups is 1. The topological polar surface area (TPSA) is 49.2 Å². The molecule has 0 aromatic heterocycles. The van der Waals surface area contributed by atoms with Gasteiger partial charge in [0.1, 0.15) is 18.2 Å². The van der Waals surface area contributed by atoms with Crippen LogP contribution >= 0.6 is 0 Å². The minimum Gasteiger partial charge on any atom is -0.492 e. The molecule has 1 aliphatic rings. The Kier molecular flexibility index (Phi) is 9.15. The molecule has 1 heterocycles. The summed E-state index contributed by atoms with van der Waals surface area (Å²) in [6, 6.07) is 7.93. The van der Waals surface area contributed by atoms with Crippen molar-refractivity contribution < 1.29 is 9.13 Å². The molecule has 29 heavy (non-hydrogen) atoms. The fourth-order valence-corrected chi connectivity index (χ4v) is 3.08. The lowest BCUT2D eigenvalue weighted by Gasteiger charge is -2.26. The highest BCUT2D eigenvalue weighted by Crippen LogP contribution is 2.22. The normalized spacial score (nSPS) is 18.9. The number of hydrogen-bond donors (Lipinski definition) is 1. The number of hydrogen-bond acceptors (Lipinski definition) is 5. The van der Waals surface area contributed by atoms with Gasteiger partial charge < -0.3 is 15.0 Å². The summed E-state index contributed by atoms with van der Waals surface area (Å²) in [5, 5.41) is 3.39. The molecule has 6 heteroatoms. The SMILES string of the molecule is C=C(CCF)N1CCN=C(/C=C\C)N/C(C)=C(/C=NC)c2cccc(c2)OCC1. The van der Waals surface area contributed by atoms with E-state index in [0.29, 0.717) is 32.7 Å². The maximum atomic E-state index is 12.8. The first-order valence-corrected chi connectivity index (χ1v) is 9.88. The summed E-state index contributed by atoms with van der Waals surface area (Å²) in [6.07, 6.45) is 6.05. The molecule has 0 saturated heterocycles. The smallest absolute Gasteiger partial charge is 0.124 e. The summed E-state index contributed by atoms with van der Waals surface area (Å²) in [5.74, 6) is 1.56. The molecule has 5 nitrogen and oxygen atoms in total. The molecule has 0 radical (unpaired) electrons. The van der Waals surface area contributed by atoms with Crippen LogP contribution < -0.4 is 10.1 Å². The van der Waals surface area contributed by atoms with Crippen molar-refractivity contribution in [3.05, 3.63) is 60.0 Å². The van der Waals surface area contributed by atoms with Crippen molar-refractivity contribution >= 4 is 17.6 Å². The van der Waals surface area contributed by atoms with Gasteiger partial charge in [0.25, 0.3) is 0 Å². The van der Waals surface area contributed by atoms with Gasteiger partial charge in [-0.2, -0.15) is 0 Å². The lowest BCUT2D eigenvalue weighted by molar-refractivity contribution is 0.239. The van der Waals surface area contributed by atoms with Crippen LogP contribution in [-0.2, 0) is 0 Å². The zero-order valence-electron chi connectivity index (χ0n) is 17.6. The van der Waals surface area contributed by atoms with Crippen LogP contribution in [0.25, 0.3) is 5.57 Å². The summed E-state index contributed by atoms with van der Waals surface area (Å²) in [6.45, 7) is 9.89. The van der Waals surface area contributed by atoms with Crippen LogP contribution in [0.4, 0.5) is 4.39 Å². The second-order valence-electron chi connectivity index (χ2n) is 6.69. The molecule has 0 fully saturated rings. The number of allylic oxidation sites excluding steroid dienone is 4. The maximum Gasteiger partial charge on any atom is 0.124 e. The Balaban J connectivity index is 2.42. The number of aliphatic imine (C=N–C) groups is 2. The minimum atomic E-state index is -0.418. The maximum absolute atomic E-state index is 12.8. The van der Waals surface area contributed by atoms with Crippen molar-refractivity contribution in [2.45, 2.75) is 20.3 Å². The summed E-state index contributed by atoms with van der Waals surface area (Å²) < 4.78 is 18.8. The number of halogens is 1. The van der Waals surface area contributed by atoms with Crippen molar-refractivity contribution in [2.75, 3.05) is 40.0 Å². The van der Waals surface area contributed by atoms with E-state index in [-0.39, 0.29) is 0 Å². The Hall–Kier alpha value is -2.89. The van der Waals surface area contributed by atoms with E-state index >= 15 is 0 Å². The molecule has 1 aliphatic heterocycles. The molecule has 0 unspecified atom stereocenters. The molecular formula is C23H31FN4O. The molecule has 2 rings (SSSR count). The number of ether oxygens (including phenoxy) is 1. The number of alkyl halides is 1. The molecule has 0 amide bonds. The van der Waals surface area contributed by atoms with Gasteiger partial charge in [-0.3, -0.25) is 14.4 Å². The van der Waals surface area contributed by atoms with Gasteiger partial charge in [-0.05, 0) is 37.6 Å². The van der Waals surface area contributed by atoms with Crippen molar-refractivity contribution in [2.24, 2.45) is 9.98 Å². The molecule has 1 aromatic rings. The van der Waals surface area contributed by atoms with Crippen LogP contribution in [0.15, 0.2) is 64.4 Å². The van der Waals surface area contributed by atoms with E-state index in [1.54, 1.807) is 7.05 Å². The largest absolute Gasteiger partial charge is 0.492 e. The predicted molar refractivity (Wildman–Crippen MR) is 121 cm³/mol. The van der Waals surface area contributed by atoms with Crippen LogP contribution in [0.5, 0.6) is 5.75 Å². The first kappa shape index (κ1) is 22.4. The van der Waals surface area contributed by atoms with Crippen LogP contribution in [0.2, 0.25) is 0 Å². The Morgan fingerprint density at radius 1 is 1.41 bits per heavy atom. The second kappa shape index (κ2) is 11.8. The molecule has 1 N–H and O–H groups in total. The predicted octanol–water partition coefficient (Wildman–Crippen LogP) is 4.25. The van der Waals surface area contributed by atoms with Crippen LogP contribution in [0.3, 0.4) is 0 Å². The Morgan fingerprint density at radius 3 is 2.97 bits per heavy atom. The van der Waals surface area contributed by atoms with E-state index in [9.17, 15) is 4.39 Å². The number of rotatable bonds is 5. The van der Waals surface area contributed by atoms with Gasteiger partial charge in [0, 0.05) is 43.2 Å². The zero-order chi connectivity index (χ0) is 21.1. The highest BCUT2D eigenvalue weighted by molar-refractivity contribution is 6.12. The Labute approximate surface area is 173 Å². The molecular weight excluding hydrogens is 367 g/mol. The zero-order valence-corrected chi connectivity index (χ0v) is 17.6. The van der Waals surface area contributed by atoms with E-state index in [1.807, 2.05) is 61.4 Å². The van der Waals surface area contributed by atoms with Crippen LogP contribution in [0, 0.1) is 0 Å². The second-order valence-corrected chi connectivity index (χ2v) is 6.69. The molecule has 156 valence electrons. The van der Waals surface area contributed by atoms with E-state index in [4.69, 9.17) is 9.73 Å². The first-order chi connectivity index (χ1) is 14.1. The summed E-state index contributed by atoms with van der Waals surface area (Å²) in [4.78, 5) is 11.0. The quantitative estimate of drug-likeness (QED) is 0.755. The van der Waals surface area contributed by atoms with Gasteiger partial charge >= 0.3 is 0 Å². The van der Waals surface area contributed by atoms with Gasteiger partial charge in [-0.1, -0.05) is 24.8 Å². The van der Waals surface area contributed by atoms with Gasteiger partial charge in [0.05, 0.1) is 19.8 Å². The van der Waals surface area contributed by atoms with E-state index in [1.165, 1.54) is 0 Å². The van der Waals surface area contributed by atoms with Gasteiger partial charge in [0.2, 0.25) is 0 Å². The van der Waals surface area contributed by atoms with Gasteiger partial charge in [-0.15, -0.1) is 0 Å². The fraction of sp³-hybridized carbons (Fsp3) is 0.391. The highest BCUT2D eigenvalue weighted by atomic mass is 19.1. The highest BCUT2D eigenvalue weighted by Gasteiger charge is 2.11. The number of benzene rings is 1. The van der Waals surface area contributed by atoms with Gasteiger partial charge in [-0.25, -0.2) is 0 Å². The van der Waals surface area contributed by atoms with Crippen LogP contribution in [-0.4, -0.2) is 56.9 Å². The monoisotopic (exact) mass is 398 g/mol. The average molecular weight is 399 g/mol. The van der Waals surface area contributed by atoms with E-state index in [2.05, 4.69) is 16.9 Å². The lowest BCUT2D eigenvalue weighted by atomic mass is 10.0. The molecule has 0 spiro atoms. The molecule has 0 aliphatic carbocycles. The third-order valence-corrected chi connectivity index (χ3v) is 4.56. The number of nitrogens with one attached hydrogen (secondary N) is 1. The fourth-order valence-electron chi connectivity index (χ4n) is 3.08. The van der Waals surface area contributed by atoms with Crippen molar-refractivity contribution in [3.8, 4) is 5.75 Å². The van der Waals surface area contributed by atoms with Crippen LogP contribution in [0.1, 0.15) is 25.8 Å². The van der Waals surface area contributed by atoms with Crippen molar-refractivity contribution in [3.63, 3.8) is 0 Å². The number of fused-ring (bicyclic) bond motifs is 2. The van der Waals surface area contributed by atoms with Crippen molar-refractivity contribution in [1.82, 2.24) is 10.2 Å². The summed E-state index contributed by atoms with van der Waals surface area (Å²) in [7, 11) is 1.76. The standard InChI is InChI=1S/C23H31FN4O/c1-5-7-23-26-12-13-28(18(2)10-11-24)14-15-29-21-9-6-8-20(16-21)22(17-25-4)19(3)27-23/h5-9,16-17H,2,10-15H2,1,3-4H3,(H,26,27)/b7-5-,22-19-,25-17?. The summed E-state index contributed by atoms with van der Waals surface area (Å²) in [5.41, 5.74) is 3.70. The third-order valence-electron chi connectivity index (χ3n) is 4.56. The average Bonchev–Trinajstić information content (AvgIpc) is 2.70. The molecule has 0 atom stereocenters. The summed E-state index contributed by atoms with van der Waals surface area (Å²) >= 11 is 0. The Bertz CT molecular complexity index is 811. The van der Waals surface area contributed by atoms with Gasteiger partial charge in [0.15, 0.2) is 0 Å². The number of nitrogens with zero attached hydrogens (tertiary/aromatic N) is 3. The van der Waals surface area contributed by atoms with E-state index in [0.717, 1.165) is 34.1 Å². The first-order valence-electron chi connectivity index (χ1n) is 9.88. The van der Waals surface area contributed by atoms with Crippen molar-refractivity contribution in [1.29, 1.82) is 0 Å². The molecule has 1 aromatic carbocycles. The molecule has 0 saturated carbocycles. The lowest BCUT2D eigenvalue weighted by Crippen LogP contribution is -2.31.